The van der Waals surface area contributed by atoms with Crippen LogP contribution in [-0.2, 0) is 9.09 Å². The molecule has 0 aliphatic heterocycles. The van der Waals surface area contributed by atoms with E-state index in [0.717, 1.165) is 0 Å². The second-order valence-corrected chi connectivity index (χ2v) is 8.11. The molecule has 1 aromatic heterocycles. The summed E-state index contributed by atoms with van der Waals surface area (Å²) in [6, 6.07) is 11.1. The molecule has 25 heavy (non-hydrogen) atoms. The average molecular weight is 367 g/mol. The largest absolute Gasteiger partial charge is 0.436 e. The van der Waals surface area contributed by atoms with Crippen LogP contribution in [0.25, 0.3) is 22.6 Å². The van der Waals surface area contributed by atoms with Crippen LogP contribution in [-0.4, -0.2) is 24.9 Å². The summed E-state index contributed by atoms with van der Waals surface area (Å²) in [5, 5.41) is 0.555. The van der Waals surface area contributed by atoms with Crippen molar-refractivity contribution < 1.29 is 27.0 Å². The van der Waals surface area contributed by atoms with Crippen molar-refractivity contribution in [2.24, 2.45) is 0 Å². The summed E-state index contributed by atoms with van der Waals surface area (Å²) < 4.78 is 52.6. The number of rotatable bonds is 6. The molecule has 0 N–H and O–H groups in total. The lowest BCUT2D eigenvalue weighted by molar-refractivity contribution is -0.0498. The number of fused-ring (bicyclic) bond motifs is 1. The van der Waals surface area contributed by atoms with Crippen LogP contribution in [0.2, 0.25) is 0 Å². The fourth-order valence-electron chi connectivity index (χ4n) is 2.47. The molecule has 8 heteroatoms. The van der Waals surface area contributed by atoms with Gasteiger partial charge in [-0.15, -0.1) is 0 Å². The first-order valence-corrected chi connectivity index (χ1v) is 9.37. The van der Waals surface area contributed by atoms with Gasteiger partial charge in [-0.05, 0) is 36.4 Å². The van der Waals surface area contributed by atoms with Crippen molar-refractivity contribution in [1.82, 2.24) is 4.98 Å². The van der Waals surface area contributed by atoms with Crippen LogP contribution in [0.3, 0.4) is 0 Å². The molecule has 1 heterocycles. The summed E-state index contributed by atoms with van der Waals surface area (Å²) in [6.45, 7) is -1.12. The quantitative estimate of drug-likeness (QED) is 0.593. The molecule has 0 saturated carbocycles. The zero-order chi connectivity index (χ0) is 18.0. The van der Waals surface area contributed by atoms with E-state index in [2.05, 4.69) is 9.72 Å². The third kappa shape index (κ3) is 3.57. The van der Waals surface area contributed by atoms with Crippen molar-refractivity contribution in [3.05, 3.63) is 42.5 Å². The minimum atomic E-state index is -2.91. The van der Waals surface area contributed by atoms with Gasteiger partial charge in [0.2, 0.25) is 13.3 Å². The number of halogens is 2. The summed E-state index contributed by atoms with van der Waals surface area (Å²) in [5.41, 5.74) is 1.51. The molecular formula is C17H16F2NO4P. The Kier molecular flexibility index (Phi) is 4.88. The fraction of sp³-hybridized carbons (Fsp3) is 0.235. The molecule has 1 atom stereocenters. The van der Waals surface area contributed by atoms with Crippen LogP contribution in [0.15, 0.2) is 46.9 Å². The topological polar surface area (TPSA) is 61.6 Å². The summed E-state index contributed by atoms with van der Waals surface area (Å²) in [6.07, 6.45) is 0.368. The first-order valence-electron chi connectivity index (χ1n) is 7.56. The van der Waals surface area contributed by atoms with Gasteiger partial charge in [-0.2, -0.15) is 8.78 Å². The van der Waals surface area contributed by atoms with Crippen molar-refractivity contribution in [2.45, 2.75) is 13.5 Å². The molecule has 2 aromatic carbocycles. The van der Waals surface area contributed by atoms with E-state index >= 15 is 0 Å². The molecular weight excluding hydrogens is 351 g/mol. The highest BCUT2D eigenvalue weighted by molar-refractivity contribution is 7.66. The standard InChI is InChI=1S/C17H16F2NO4P/c1-3-25(21,22-2)13-7-8-15-14(10-13)20-16(24-15)11-5-4-6-12(9-11)23-17(18)19/h4-10,17H,3H2,1-2H3. The fourth-order valence-corrected chi connectivity index (χ4v) is 3.93. The zero-order valence-corrected chi connectivity index (χ0v) is 14.5. The number of hydrogen-bond donors (Lipinski definition) is 0. The summed E-state index contributed by atoms with van der Waals surface area (Å²) in [7, 11) is -1.50. The lowest BCUT2D eigenvalue weighted by Crippen LogP contribution is -2.07. The van der Waals surface area contributed by atoms with Crippen LogP contribution < -0.4 is 10.0 Å². The normalized spacial score (nSPS) is 14.0. The van der Waals surface area contributed by atoms with Crippen LogP contribution in [0.5, 0.6) is 5.75 Å². The monoisotopic (exact) mass is 367 g/mol. The highest BCUT2D eigenvalue weighted by atomic mass is 31.2. The Balaban J connectivity index is 2.01. The lowest BCUT2D eigenvalue weighted by atomic mass is 10.2. The predicted octanol–water partition coefficient (Wildman–Crippen LogP) is 4.67. The first-order chi connectivity index (χ1) is 11.9. The molecule has 0 saturated heterocycles. The van der Waals surface area contributed by atoms with E-state index in [1.54, 1.807) is 37.3 Å². The SMILES string of the molecule is CCP(=O)(OC)c1ccc2oc(-c3cccc(OC(F)F)c3)nc2c1. The molecule has 0 bridgehead atoms. The molecule has 0 aliphatic carbocycles. The van der Waals surface area contributed by atoms with Crippen LogP contribution in [0.1, 0.15) is 6.92 Å². The zero-order valence-electron chi connectivity index (χ0n) is 13.6. The lowest BCUT2D eigenvalue weighted by Gasteiger charge is -2.13. The van der Waals surface area contributed by atoms with Gasteiger partial charge in [-0.25, -0.2) is 4.98 Å². The van der Waals surface area contributed by atoms with E-state index < -0.39 is 14.0 Å². The van der Waals surface area contributed by atoms with Gasteiger partial charge in [-0.1, -0.05) is 13.0 Å². The Labute approximate surface area is 143 Å². The molecule has 1 unspecified atom stereocenters. The van der Waals surface area contributed by atoms with Gasteiger partial charge in [0.15, 0.2) is 5.58 Å². The maximum atomic E-state index is 12.7. The number of nitrogens with zero attached hydrogens (tertiary/aromatic N) is 1. The number of alkyl halides is 2. The smallest absolute Gasteiger partial charge is 0.387 e. The number of benzene rings is 2. The van der Waals surface area contributed by atoms with Gasteiger partial charge in [0.05, 0.1) is 0 Å². The van der Waals surface area contributed by atoms with E-state index in [-0.39, 0.29) is 11.6 Å². The van der Waals surface area contributed by atoms with Crippen molar-refractivity contribution in [1.29, 1.82) is 0 Å². The Bertz CT molecular complexity index is 933. The third-order valence-electron chi connectivity index (χ3n) is 3.78. The maximum absolute atomic E-state index is 12.7. The van der Waals surface area contributed by atoms with E-state index in [4.69, 9.17) is 8.94 Å². The highest BCUT2D eigenvalue weighted by Gasteiger charge is 2.23. The van der Waals surface area contributed by atoms with Gasteiger partial charge in [0.1, 0.15) is 11.3 Å². The Morgan fingerprint density at radius 2 is 2.04 bits per heavy atom. The Morgan fingerprint density at radius 3 is 2.72 bits per heavy atom. The molecule has 0 radical (unpaired) electrons. The van der Waals surface area contributed by atoms with Crippen LogP contribution >= 0.6 is 7.37 Å². The molecule has 0 amide bonds. The average Bonchev–Trinajstić information content (AvgIpc) is 3.04. The number of oxazole rings is 1. The summed E-state index contributed by atoms with van der Waals surface area (Å²) in [5.74, 6) is 0.279. The van der Waals surface area contributed by atoms with Crippen LogP contribution in [0, 0.1) is 0 Å². The molecule has 0 aliphatic rings. The molecule has 5 nitrogen and oxygen atoms in total. The minimum Gasteiger partial charge on any atom is -0.436 e. The molecule has 0 fully saturated rings. The Hall–Kier alpha value is -2.24. The summed E-state index contributed by atoms with van der Waals surface area (Å²) >= 11 is 0. The van der Waals surface area contributed by atoms with Crippen molar-refractivity contribution in [2.75, 3.05) is 13.3 Å². The molecule has 0 spiro atoms. The van der Waals surface area contributed by atoms with Gasteiger partial charge < -0.3 is 13.7 Å². The van der Waals surface area contributed by atoms with E-state index in [1.165, 1.54) is 19.2 Å². The van der Waals surface area contributed by atoms with Crippen molar-refractivity contribution in [3.8, 4) is 17.2 Å². The maximum Gasteiger partial charge on any atom is 0.387 e. The van der Waals surface area contributed by atoms with E-state index in [1.807, 2.05) is 0 Å². The Morgan fingerprint density at radius 1 is 1.24 bits per heavy atom. The second kappa shape index (κ2) is 6.94. The molecule has 132 valence electrons. The second-order valence-electron chi connectivity index (χ2n) is 5.25. The van der Waals surface area contributed by atoms with E-state index in [0.29, 0.717) is 28.1 Å². The van der Waals surface area contributed by atoms with Gasteiger partial charge >= 0.3 is 6.61 Å². The minimum absolute atomic E-state index is 0.0188. The third-order valence-corrected chi connectivity index (χ3v) is 6.27. The van der Waals surface area contributed by atoms with Gasteiger partial charge in [0.25, 0.3) is 0 Å². The number of aromatic nitrogens is 1. The van der Waals surface area contributed by atoms with Gasteiger partial charge in [0, 0.05) is 24.1 Å². The van der Waals surface area contributed by atoms with E-state index in [9.17, 15) is 13.3 Å². The number of hydrogen-bond acceptors (Lipinski definition) is 5. The highest BCUT2D eigenvalue weighted by Crippen LogP contribution is 2.44. The van der Waals surface area contributed by atoms with Crippen molar-refractivity contribution >= 4 is 23.8 Å². The van der Waals surface area contributed by atoms with Gasteiger partial charge in [-0.3, -0.25) is 4.57 Å². The molecule has 3 rings (SSSR count). The summed E-state index contributed by atoms with van der Waals surface area (Å²) in [4.78, 5) is 4.36. The predicted molar refractivity (Wildman–Crippen MR) is 90.9 cm³/mol. The van der Waals surface area contributed by atoms with Crippen LogP contribution in [0.4, 0.5) is 8.78 Å². The molecule has 3 aromatic rings. The first kappa shape index (κ1) is 17.6. The number of ether oxygens (including phenoxy) is 1. The van der Waals surface area contributed by atoms with Crippen molar-refractivity contribution in [3.63, 3.8) is 0 Å².